The normalized spacial score (nSPS) is 23.1. The van der Waals surface area contributed by atoms with Gasteiger partial charge in [-0.3, -0.25) is 4.99 Å². The van der Waals surface area contributed by atoms with Crippen LogP contribution in [0.3, 0.4) is 0 Å². The van der Waals surface area contributed by atoms with E-state index in [9.17, 15) is 0 Å². The van der Waals surface area contributed by atoms with Crippen LogP contribution in [0.5, 0.6) is 0 Å². The molecule has 2 rings (SSSR count). The monoisotopic (exact) mass is 351 g/mol. The predicted octanol–water partition coefficient (Wildman–Crippen LogP) is 2.68. The van der Waals surface area contributed by atoms with E-state index in [0.717, 1.165) is 38.1 Å². The number of piperidine rings is 1. The molecule has 2 saturated heterocycles. The van der Waals surface area contributed by atoms with Crippen molar-refractivity contribution >= 4 is 5.96 Å². The summed E-state index contributed by atoms with van der Waals surface area (Å²) in [5.74, 6) is 0.996. The smallest absolute Gasteiger partial charge is 0.191 e. The van der Waals surface area contributed by atoms with Crippen LogP contribution in [0, 0.1) is 0 Å². The highest BCUT2D eigenvalue weighted by Gasteiger charge is 2.17. The molecule has 2 aliphatic heterocycles. The van der Waals surface area contributed by atoms with Gasteiger partial charge in [-0.05, 0) is 85.0 Å². The molecule has 0 aromatic carbocycles. The van der Waals surface area contributed by atoms with Crippen LogP contribution in [-0.4, -0.2) is 74.2 Å². The Balaban J connectivity index is 1.55. The van der Waals surface area contributed by atoms with Crippen LogP contribution in [-0.2, 0) is 0 Å². The lowest BCUT2D eigenvalue weighted by Gasteiger charge is -2.33. The molecule has 0 aromatic heterocycles. The average Bonchev–Trinajstić information content (AvgIpc) is 3.13. The first kappa shape index (κ1) is 20.5. The number of unbranched alkanes of at least 4 members (excludes halogenated alkanes) is 1. The van der Waals surface area contributed by atoms with E-state index in [1.165, 1.54) is 77.7 Å². The molecule has 2 fully saturated rings. The highest BCUT2D eigenvalue weighted by molar-refractivity contribution is 5.79. The molecule has 2 aliphatic rings. The lowest BCUT2D eigenvalue weighted by Crippen LogP contribution is -2.39. The first-order valence-corrected chi connectivity index (χ1v) is 10.8. The summed E-state index contributed by atoms with van der Waals surface area (Å²) >= 11 is 0. The van der Waals surface area contributed by atoms with Gasteiger partial charge < -0.3 is 20.4 Å². The SMILES string of the molecule is CCNC(=NCCCN1CCCCC1C)NCCCCN1CCCC1. The molecule has 0 spiro atoms. The Labute approximate surface area is 155 Å². The quantitative estimate of drug-likeness (QED) is 0.361. The van der Waals surface area contributed by atoms with E-state index in [0.29, 0.717) is 0 Å². The molecular formula is C20H41N5. The van der Waals surface area contributed by atoms with Gasteiger partial charge >= 0.3 is 0 Å². The van der Waals surface area contributed by atoms with Crippen LogP contribution in [0.4, 0.5) is 0 Å². The maximum Gasteiger partial charge on any atom is 0.191 e. The fourth-order valence-corrected chi connectivity index (χ4v) is 3.97. The van der Waals surface area contributed by atoms with Gasteiger partial charge in [0.25, 0.3) is 0 Å². The minimum absolute atomic E-state index is 0.764. The molecule has 0 aromatic rings. The van der Waals surface area contributed by atoms with Gasteiger partial charge in [-0.15, -0.1) is 0 Å². The third kappa shape index (κ3) is 8.41. The van der Waals surface area contributed by atoms with E-state index >= 15 is 0 Å². The number of hydrogen-bond acceptors (Lipinski definition) is 3. The number of nitrogens with zero attached hydrogens (tertiary/aromatic N) is 3. The minimum atomic E-state index is 0.764. The van der Waals surface area contributed by atoms with E-state index in [2.05, 4.69) is 34.3 Å². The summed E-state index contributed by atoms with van der Waals surface area (Å²) in [6.07, 6.45) is 10.6. The van der Waals surface area contributed by atoms with E-state index in [-0.39, 0.29) is 0 Å². The summed E-state index contributed by atoms with van der Waals surface area (Å²) in [6, 6.07) is 0.764. The van der Waals surface area contributed by atoms with Crippen LogP contribution < -0.4 is 10.6 Å². The van der Waals surface area contributed by atoms with Crippen molar-refractivity contribution in [1.29, 1.82) is 0 Å². The number of likely N-dealkylation sites (tertiary alicyclic amines) is 2. The Bertz CT molecular complexity index is 365. The molecule has 0 saturated carbocycles. The van der Waals surface area contributed by atoms with Gasteiger partial charge in [0.15, 0.2) is 5.96 Å². The Hall–Kier alpha value is -0.810. The Morgan fingerprint density at radius 3 is 2.52 bits per heavy atom. The zero-order valence-corrected chi connectivity index (χ0v) is 16.7. The molecule has 0 bridgehead atoms. The zero-order chi connectivity index (χ0) is 17.7. The Morgan fingerprint density at radius 1 is 0.960 bits per heavy atom. The van der Waals surface area contributed by atoms with Gasteiger partial charge in [0, 0.05) is 32.2 Å². The van der Waals surface area contributed by atoms with Crippen molar-refractivity contribution < 1.29 is 0 Å². The van der Waals surface area contributed by atoms with Gasteiger partial charge in [-0.1, -0.05) is 6.42 Å². The van der Waals surface area contributed by atoms with Crippen LogP contribution >= 0.6 is 0 Å². The molecule has 5 heteroatoms. The molecule has 1 atom stereocenters. The predicted molar refractivity (Wildman–Crippen MR) is 108 cm³/mol. The van der Waals surface area contributed by atoms with Crippen LogP contribution in [0.25, 0.3) is 0 Å². The standard InChI is InChI=1S/C20H41N5/c1-3-21-20(22-12-5-7-14-24-15-8-9-16-24)23-13-10-18-25-17-6-4-11-19(25)2/h19H,3-18H2,1-2H3,(H2,21,22,23). The molecule has 1 unspecified atom stereocenters. The first-order chi connectivity index (χ1) is 12.3. The van der Waals surface area contributed by atoms with Crippen molar-refractivity contribution in [3.63, 3.8) is 0 Å². The second-order valence-electron chi connectivity index (χ2n) is 7.68. The topological polar surface area (TPSA) is 42.9 Å². The van der Waals surface area contributed by atoms with E-state index in [1.54, 1.807) is 0 Å². The van der Waals surface area contributed by atoms with E-state index in [1.807, 2.05) is 0 Å². The number of rotatable bonds is 10. The van der Waals surface area contributed by atoms with Gasteiger partial charge in [0.05, 0.1) is 0 Å². The molecule has 146 valence electrons. The van der Waals surface area contributed by atoms with Crippen molar-refractivity contribution in [2.75, 3.05) is 52.4 Å². The molecular weight excluding hydrogens is 310 g/mol. The molecule has 0 amide bonds. The molecule has 2 heterocycles. The fourth-order valence-electron chi connectivity index (χ4n) is 3.97. The van der Waals surface area contributed by atoms with E-state index < -0.39 is 0 Å². The van der Waals surface area contributed by atoms with Crippen molar-refractivity contribution in [2.24, 2.45) is 4.99 Å². The van der Waals surface area contributed by atoms with Gasteiger partial charge in [-0.2, -0.15) is 0 Å². The fraction of sp³-hybridized carbons (Fsp3) is 0.950. The summed E-state index contributed by atoms with van der Waals surface area (Å²) in [4.78, 5) is 9.99. The molecule has 0 aliphatic carbocycles. The van der Waals surface area contributed by atoms with Crippen molar-refractivity contribution in [2.45, 2.75) is 71.3 Å². The van der Waals surface area contributed by atoms with Crippen LogP contribution in [0.2, 0.25) is 0 Å². The number of nitrogens with one attached hydrogen (secondary N) is 2. The third-order valence-electron chi connectivity index (χ3n) is 5.55. The van der Waals surface area contributed by atoms with Crippen LogP contribution in [0.1, 0.15) is 65.2 Å². The highest BCUT2D eigenvalue weighted by atomic mass is 15.2. The van der Waals surface area contributed by atoms with Crippen molar-refractivity contribution in [3.05, 3.63) is 0 Å². The summed E-state index contributed by atoms with van der Waals surface area (Å²) in [7, 11) is 0. The maximum absolute atomic E-state index is 4.76. The lowest BCUT2D eigenvalue weighted by atomic mass is 10.0. The molecule has 2 N–H and O–H groups in total. The molecule has 5 nitrogen and oxygen atoms in total. The van der Waals surface area contributed by atoms with Crippen LogP contribution in [0.15, 0.2) is 4.99 Å². The highest BCUT2D eigenvalue weighted by Crippen LogP contribution is 2.16. The number of hydrogen-bond donors (Lipinski definition) is 2. The number of aliphatic imine (C=N–C) groups is 1. The van der Waals surface area contributed by atoms with Crippen molar-refractivity contribution in [1.82, 2.24) is 20.4 Å². The summed E-state index contributed by atoms with van der Waals surface area (Å²) in [5, 5.41) is 6.88. The Morgan fingerprint density at radius 2 is 1.76 bits per heavy atom. The van der Waals surface area contributed by atoms with Gasteiger partial charge in [-0.25, -0.2) is 0 Å². The second-order valence-corrected chi connectivity index (χ2v) is 7.68. The second kappa shape index (κ2) is 12.5. The zero-order valence-electron chi connectivity index (χ0n) is 16.7. The minimum Gasteiger partial charge on any atom is -0.357 e. The first-order valence-electron chi connectivity index (χ1n) is 10.8. The Kier molecular flexibility index (Phi) is 10.3. The summed E-state index contributed by atoms with van der Waals surface area (Å²) in [5.41, 5.74) is 0. The maximum atomic E-state index is 4.76. The number of guanidine groups is 1. The van der Waals surface area contributed by atoms with E-state index in [4.69, 9.17) is 4.99 Å². The lowest BCUT2D eigenvalue weighted by molar-refractivity contribution is 0.160. The largest absolute Gasteiger partial charge is 0.357 e. The summed E-state index contributed by atoms with van der Waals surface area (Å²) < 4.78 is 0. The average molecular weight is 352 g/mol. The van der Waals surface area contributed by atoms with Crippen molar-refractivity contribution in [3.8, 4) is 0 Å². The van der Waals surface area contributed by atoms with Gasteiger partial charge in [0.2, 0.25) is 0 Å². The van der Waals surface area contributed by atoms with Gasteiger partial charge in [0.1, 0.15) is 0 Å². The summed E-state index contributed by atoms with van der Waals surface area (Å²) in [6.45, 7) is 13.8. The third-order valence-corrected chi connectivity index (χ3v) is 5.55. The molecule has 0 radical (unpaired) electrons. The molecule has 25 heavy (non-hydrogen) atoms.